The summed E-state index contributed by atoms with van der Waals surface area (Å²) in [5.74, 6) is -0.348. The lowest BCUT2D eigenvalue weighted by Crippen LogP contribution is -2.00. The monoisotopic (exact) mass is 216 g/mol. The highest BCUT2D eigenvalue weighted by atomic mass is 16.5. The molecule has 0 bridgehead atoms. The van der Waals surface area contributed by atoms with E-state index in [4.69, 9.17) is 9.84 Å². The molecule has 2 rings (SSSR count). The molecule has 2 aromatic heterocycles. The Kier molecular flexibility index (Phi) is 2.77. The van der Waals surface area contributed by atoms with Crippen LogP contribution in [0.25, 0.3) is 0 Å². The van der Waals surface area contributed by atoms with Gasteiger partial charge in [-0.25, -0.2) is 4.79 Å². The minimum Gasteiger partial charge on any atom is -0.477 e. The molecule has 0 saturated carbocycles. The van der Waals surface area contributed by atoms with Gasteiger partial charge in [0, 0.05) is 24.7 Å². The third-order valence-corrected chi connectivity index (χ3v) is 1.87. The Bertz CT molecular complexity index is 500. The number of carboxylic acids is 1. The molecule has 0 spiro atoms. The zero-order valence-corrected chi connectivity index (χ0v) is 8.20. The van der Waals surface area contributed by atoms with Crippen molar-refractivity contribution in [2.45, 2.75) is 0 Å². The molecule has 0 unspecified atom stereocenters. The van der Waals surface area contributed by atoms with Gasteiger partial charge in [0.25, 0.3) is 0 Å². The van der Waals surface area contributed by atoms with Gasteiger partial charge in [-0.3, -0.25) is 9.97 Å². The normalized spacial score (nSPS) is 9.75. The Labute approximate surface area is 91.4 Å². The summed E-state index contributed by atoms with van der Waals surface area (Å²) in [7, 11) is 0. The average Bonchev–Trinajstić information content (AvgIpc) is 2.31. The van der Waals surface area contributed by atoms with Crippen molar-refractivity contribution in [1.29, 1.82) is 0 Å². The van der Waals surface area contributed by atoms with Crippen LogP contribution in [0.15, 0.2) is 43.0 Å². The number of aromatic nitrogens is 2. The highest BCUT2D eigenvalue weighted by Gasteiger charge is 2.11. The van der Waals surface area contributed by atoms with Crippen molar-refractivity contribution in [3.63, 3.8) is 0 Å². The van der Waals surface area contributed by atoms with Gasteiger partial charge in [-0.05, 0) is 12.1 Å². The lowest BCUT2D eigenvalue weighted by Gasteiger charge is -2.06. The van der Waals surface area contributed by atoms with Gasteiger partial charge in [-0.15, -0.1) is 0 Å². The number of rotatable bonds is 3. The van der Waals surface area contributed by atoms with Gasteiger partial charge in [0.2, 0.25) is 0 Å². The molecule has 16 heavy (non-hydrogen) atoms. The van der Waals surface area contributed by atoms with Crippen LogP contribution in [-0.4, -0.2) is 21.0 Å². The van der Waals surface area contributed by atoms with Crippen LogP contribution in [0.1, 0.15) is 10.4 Å². The highest BCUT2D eigenvalue weighted by molar-refractivity contribution is 5.90. The van der Waals surface area contributed by atoms with Crippen LogP contribution in [0.3, 0.4) is 0 Å². The smallest absolute Gasteiger partial charge is 0.341 e. The van der Waals surface area contributed by atoms with Crippen LogP contribution in [0, 0.1) is 0 Å². The molecule has 2 aromatic rings. The van der Waals surface area contributed by atoms with Gasteiger partial charge in [0.15, 0.2) is 0 Å². The molecule has 0 fully saturated rings. The van der Waals surface area contributed by atoms with Crippen LogP contribution >= 0.6 is 0 Å². The number of pyridine rings is 2. The summed E-state index contributed by atoms with van der Waals surface area (Å²) in [6.45, 7) is 0. The Morgan fingerprint density at radius 1 is 1.19 bits per heavy atom. The third kappa shape index (κ3) is 2.14. The quantitative estimate of drug-likeness (QED) is 0.849. The van der Waals surface area contributed by atoms with Crippen molar-refractivity contribution in [2.24, 2.45) is 0 Å². The largest absolute Gasteiger partial charge is 0.477 e. The first-order valence-electron chi connectivity index (χ1n) is 4.52. The van der Waals surface area contributed by atoms with Gasteiger partial charge >= 0.3 is 5.97 Å². The molecule has 0 aromatic carbocycles. The maximum atomic E-state index is 10.9. The van der Waals surface area contributed by atoms with E-state index in [2.05, 4.69) is 9.97 Å². The predicted molar refractivity (Wildman–Crippen MR) is 55.5 cm³/mol. The predicted octanol–water partition coefficient (Wildman–Crippen LogP) is 1.97. The van der Waals surface area contributed by atoms with Crippen molar-refractivity contribution in [3.8, 4) is 11.5 Å². The lowest BCUT2D eigenvalue weighted by atomic mass is 10.2. The van der Waals surface area contributed by atoms with Crippen LogP contribution in [-0.2, 0) is 0 Å². The van der Waals surface area contributed by atoms with Gasteiger partial charge in [0.05, 0.1) is 6.20 Å². The summed E-state index contributed by atoms with van der Waals surface area (Å²) in [6, 6.07) is 4.90. The standard InChI is InChI=1S/C11H8N2O3/c14-11(15)9-7-13-5-3-10(9)16-8-2-1-4-12-6-8/h1-7H,(H,14,15). The molecule has 5 nitrogen and oxygen atoms in total. The fourth-order valence-corrected chi connectivity index (χ4v) is 1.17. The number of hydrogen-bond acceptors (Lipinski definition) is 4. The van der Waals surface area contributed by atoms with E-state index >= 15 is 0 Å². The summed E-state index contributed by atoms with van der Waals surface area (Å²) in [6.07, 6.45) is 5.83. The zero-order chi connectivity index (χ0) is 11.4. The van der Waals surface area contributed by atoms with Crippen molar-refractivity contribution in [1.82, 2.24) is 9.97 Å². The van der Waals surface area contributed by atoms with Crippen molar-refractivity contribution >= 4 is 5.97 Å². The summed E-state index contributed by atoms with van der Waals surface area (Å²) in [5, 5.41) is 8.91. The molecule has 5 heteroatoms. The molecule has 0 radical (unpaired) electrons. The molecule has 2 heterocycles. The molecule has 1 N–H and O–H groups in total. The van der Waals surface area contributed by atoms with E-state index < -0.39 is 5.97 Å². The molecule has 0 saturated heterocycles. The van der Waals surface area contributed by atoms with Gasteiger partial charge < -0.3 is 9.84 Å². The minimum absolute atomic E-state index is 0.0198. The topological polar surface area (TPSA) is 72.3 Å². The fraction of sp³-hybridized carbons (Fsp3) is 0. The summed E-state index contributed by atoms with van der Waals surface area (Å²) >= 11 is 0. The number of ether oxygens (including phenoxy) is 1. The van der Waals surface area contributed by atoms with Crippen molar-refractivity contribution in [3.05, 3.63) is 48.5 Å². The average molecular weight is 216 g/mol. The highest BCUT2D eigenvalue weighted by Crippen LogP contribution is 2.23. The second kappa shape index (κ2) is 4.39. The van der Waals surface area contributed by atoms with E-state index in [-0.39, 0.29) is 11.3 Å². The number of aromatic carboxylic acids is 1. The van der Waals surface area contributed by atoms with Gasteiger partial charge in [-0.2, -0.15) is 0 Å². The first kappa shape index (κ1) is 10.1. The third-order valence-electron chi connectivity index (χ3n) is 1.87. The second-order valence-corrected chi connectivity index (χ2v) is 2.97. The van der Waals surface area contributed by atoms with Gasteiger partial charge in [0.1, 0.15) is 17.1 Å². The first-order chi connectivity index (χ1) is 7.77. The molecule has 0 aliphatic carbocycles. The summed E-state index contributed by atoms with van der Waals surface area (Å²) < 4.78 is 5.39. The molecular weight excluding hydrogens is 208 g/mol. The molecule has 0 aliphatic heterocycles. The molecular formula is C11H8N2O3. The summed E-state index contributed by atoms with van der Waals surface area (Å²) in [5.41, 5.74) is 0.0198. The van der Waals surface area contributed by atoms with E-state index in [1.165, 1.54) is 24.7 Å². The van der Waals surface area contributed by atoms with Gasteiger partial charge in [-0.1, -0.05) is 0 Å². The summed E-state index contributed by atoms with van der Waals surface area (Å²) in [4.78, 5) is 18.5. The number of hydrogen-bond donors (Lipinski definition) is 1. The van der Waals surface area contributed by atoms with Crippen molar-refractivity contribution < 1.29 is 14.6 Å². The number of carboxylic acid groups (broad SMARTS) is 1. The Balaban J connectivity index is 2.31. The number of carbonyl (C=O) groups is 1. The first-order valence-corrected chi connectivity index (χ1v) is 4.52. The molecule has 80 valence electrons. The van der Waals surface area contributed by atoms with E-state index in [0.717, 1.165) is 0 Å². The molecule has 0 amide bonds. The number of nitrogens with zero attached hydrogens (tertiary/aromatic N) is 2. The Hall–Kier alpha value is -2.43. The van der Waals surface area contributed by atoms with E-state index in [1.54, 1.807) is 18.3 Å². The van der Waals surface area contributed by atoms with E-state index in [1.807, 2.05) is 0 Å². The zero-order valence-electron chi connectivity index (χ0n) is 8.20. The Morgan fingerprint density at radius 2 is 2.00 bits per heavy atom. The molecule has 0 aliphatic rings. The lowest BCUT2D eigenvalue weighted by molar-refractivity contribution is 0.0693. The van der Waals surface area contributed by atoms with E-state index in [0.29, 0.717) is 5.75 Å². The van der Waals surface area contributed by atoms with Crippen molar-refractivity contribution in [2.75, 3.05) is 0 Å². The maximum absolute atomic E-state index is 10.9. The van der Waals surface area contributed by atoms with Crippen LogP contribution in [0.5, 0.6) is 11.5 Å². The van der Waals surface area contributed by atoms with Crippen LogP contribution in [0.4, 0.5) is 0 Å². The van der Waals surface area contributed by atoms with Crippen LogP contribution < -0.4 is 4.74 Å². The SMILES string of the molecule is O=C(O)c1cnccc1Oc1cccnc1. The molecule has 0 atom stereocenters. The Morgan fingerprint density at radius 3 is 2.69 bits per heavy atom. The fourth-order valence-electron chi connectivity index (χ4n) is 1.17. The van der Waals surface area contributed by atoms with Crippen LogP contribution in [0.2, 0.25) is 0 Å². The second-order valence-electron chi connectivity index (χ2n) is 2.97. The minimum atomic E-state index is -1.08. The maximum Gasteiger partial charge on any atom is 0.341 e. The van der Waals surface area contributed by atoms with E-state index in [9.17, 15) is 4.79 Å².